The lowest BCUT2D eigenvalue weighted by molar-refractivity contribution is -0.142. The summed E-state index contributed by atoms with van der Waals surface area (Å²) in [7, 11) is 0. The molecule has 0 saturated carbocycles. The Kier molecular flexibility index (Phi) is 13.2. The van der Waals surface area contributed by atoms with Gasteiger partial charge in [0.05, 0.1) is 6.61 Å². The fourth-order valence-electron chi connectivity index (χ4n) is 2.92. The highest BCUT2D eigenvalue weighted by Gasteiger charge is 2.29. The van der Waals surface area contributed by atoms with Crippen LogP contribution in [0.4, 0.5) is 0 Å². The van der Waals surface area contributed by atoms with Gasteiger partial charge in [-0.25, -0.2) is 4.79 Å². The van der Waals surface area contributed by atoms with E-state index in [1.807, 2.05) is 0 Å². The number of aliphatic carboxylic acids is 1. The van der Waals surface area contributed by atoms with Crippen LogP contribution in [-0.2, 0) is 25.6 Å². The summed E-state index contributed by atoms with van der Waals surface area (Å²) >= 11 is 4.09. The normalized spacial score (nSPS) is 14.0. The summed E-state index contributed by atoms with van der Waals surface area (Å²) < 4.78 is 0. The molecule has 0 radical (unpaired) electrons. The van der Waals surface area contributed by atoms with E-state index in [2.05, 4.69) is 33.6 Å². The molecule has 0 bridgehead atoms. The van der Waals surface area contributed by atoms with E-state index in [0.29, 0.717) is 6.42 Å². The molecule has 0 aliphatic heterocycles. The minimum atomic E-state index is -1.26. The van der Waals surface area contributed by atoms with Crippen LogP contribution in [0.1, 0.15) is 18.4 Å². The van der Waals surface area contributed by atoms with Gasteiger partial charge in [0.2, 0.25) is 17.7 Å². The minimum absolute atomic E-state index is 0.0524. The van der Waals surface area contributed by atoms with Crippen LogP contribution < -0.4 is 33.2 Å². The smallest absolute Gasteiger partial charge is 0.326 e. The standard InChI is InChI=1S/C21H33N7O6S/c22-13(10-29)17(30)27-15(9-12-5-2-1-3-6-12)18(31)28-16(11-35)19(32)26-14(20(33)34)7-4-8-25-21(23)24/h1-3,5-6,13-16,29,35H,4,7-11,22H2,(H,26,32)(H,27,30)(H,28,31)(H,33,34)(H4,23,24,25). The summed E-state index contributed by atoms with van der Waals surface area (Å²) in [5.41, 5.74) is 16.7. The number of hydrogen-bond acceptors (Lipinski definition) is 8. The number of carbonyl (C=O) groups excluding carboxylic acids is 3. The number of nitrogens with two attached hydrogens (primary N) is 3. The first kappa shape index (κ1) is 29.7. The second-order valence-electron chi connectivity index (χ2n) is 7.63. The zero-order valence-electron chi connectivity index (χ0n) is 19.1. The Morgan fingerprint density at radius 2 is 1.51 bits per heavy atom. The van der Waals surface area contributed by atoms with Gasteiger partial charge >= 0.3 is 5.97 Å². The second-order valence-corrected chi connectivity index (χ2v) is 8.00. The zero-order chi connectivity index (χ0) is 26.4. The molecular weight excluding hydrogens is 478 g/mol. The number of aliphatic imine (C=N–C) groups is 1. The molecular formula is C21H33N7O6S. The Balaban J connectivity index is 2.89. The molecule has 0 aliphatic carbocycles. The molecule has 0 fully saturated rings. The van der Waals surface area contributed by atoms with Crippen LogP contribution in [0.2, 0.25) is 0 Å². The monoisotopic (exact) mass is 511 g/mol. The number of carbonyl (C=O) groups is 4. The molecule has 1 aromatic rings. The van der Waals surface area contributed by atoms with Crippen LogP contribution in [0, 0.1) is 0 Å². The van der Waals surface area contributed by atoms with E-state index in [-0.39, 0.29) is 31.1 Å². The lowest BCUT2D eigenvalue weighted by Gasteiger charge is -2.24. The molecule has 35 heavy (non-hydrogen) atoms. The summed E-state index contributed by atoms with van der Waals surface area (Å²) in [5.74, 6) is -3.75. The van der Waals surface area contributed by atoms with Crippen molar-refractivity contribution in [3.8, 4) is 0 Å². The summed E-state index contributed by atoms with van der Waals surface area (Å²) in [4.78, 5) is 53.1. The first-order valence-electron chi connectivity index (χ1n) is 10.8. The van der Waals surface area contributed by atoms with Crippen molar-refractivity contribution in [2.45, 2.75) is 43.4 Å². The summed E-state index contributed by atoms with van der Waals surface area (Å²) in [6.07, 6.45) is 0.431. The molecule has 4 atom stereocenters. The lowest BCUT2D eigenvalue weighted by Crippen LogP contribution is -2.58. The minimum Gasteiger partial charge on any atom is -0.480 e. The Morgan fingerprint density at radius 3 is 2.06 bits per heavy atom. The number of carboxylic acids is 1. The third kappa shape index (κ3) is 11.1. The highest BCUT2D eigenvalue weighted by Crippen LogP contribution is 2.06. The lowest BCUT2D eigenvalue weighted by atomic mass is 10.0. The highest BCUT2D eigenvalue weighted by molar-refractivity contribution is 7.80. The molecule has 4 unspecified atom stereocenters. The highest BCUT2D eigenvalue weighted by atomic mass is 32.1. The number of aliphatic hydroxyl groups is 1. The quantitative estimate of drug-likeness (QED) is 0.0506. The van der Waals surface area contributed by atoms with Gasteiger partial charge in [-0.1, -0.05) is 30.3 Å². The van der Waals surface area contributed by atoms with E-state index in [1.165, 1.54) is 0 Å². The van der Waals surface area contributed by atoms with Crippen molar-refractivity contribution in [3.63, 3.8) is 0 Å². The van der Waals surface area contributed by atoms with E-state index in [9.17, 15) is 24.3 Å². The molecule has 0 spiro atoms. The Labute approximate surface area is 208 Å². The molecule has 14 heteroatoms. The predicted molar refractivity (Wildman–Crippen MR) is 132 cm³/mol. The molecule has 194 valence electrons. The molecule has 1 aromatic carbocycles. The summed E-state index contributed by atoms with van der Waals surface area (Å²) in [5, 5.41) is 25.8. The van der Waals surface area contributed by atoms with E-state index >= 15 is 0 Å². The van der Waals surface area contributed by atoms with Gasteiger partial charge in [0, 0.05) is 18.7 Å². The van der Waals surface area contributed by atoms with E-state index in [0.717, 1.165) is 5.56 Å². The SMILES string of the molecule is NC(N)=NCCCC(NC(=O)C(CS)NC(=O)C(Cc1ccccc1)NC(=O)C(N)CO)C(=O)O. The van der Waals surface area contributed by atoms with Crippen LogP contribution in [0.3, 0.4) is 0 Å². The van der Waals surface area contributed by atoms with Crippen molar-refractivity contribution in [3.05, 3.63) is 35.9 Å². The topological polar surface area (TPSA) is 235 Å². The number of aliphatic hydroxyl groups excluding tert-OH is 1. The fourth-order valence-corrected chi connectivity index (χ4v) is 3.18. The molecule has 11 N–H and O–H groups in total. The molecule has 0 aliphatic rings. The molecule has 0 saturated heterocycles. The Hall–Kier alpha value is -3.36. The predicted octanol–water partition coefficient (Wildman–Crippen LogP) is -2.93. The maximum atomic E-state index is 13.0. The zero-order valence-corrected chi connectivity index (χ0v) is 20.0. The maximum absolute atomic E-state index is 13.0. The average molecular weight is 512 g/mol. The summed E-state index contributed by atoms with van der Waals surface area (Å²) in [6, 6.07) is 4.03. The number of amides is 3. The van der Waals surface area contributed by atoms with Gasteiger partial charge in [-0.05, 0) is 18.4 Å². The van der Waals surface area contributed by atoms with E-state index in [4.69, 9.17) is 22.3 Å². The molecule has 13 nitrogen and oxygen atoms in total. The number of benzene rings is 1. The van der Waals surface area contributed by atoms with Gasteiger partial charge in [-0.15, -0.1) is 0 Å². The van der Waals surface area contributed by atoms with Gasteiger partial charge in [0.25, 0.3) is 0 Å². The number of nitrogens with zero attached hydrogens (tertiary/aromatic N) is 1. The number of guanidine groups is 1. The largest absolute Gasteiger partial charge is 0.480 e. The molecule has 0 aromatic heterocycles. The van der Waals surface area contributed by atoms with Crippen molar-refractivity contribution in [2.75, 3.05) is 18.9 Å². The van der Waals surface area contributed by atoms with E-state index in [1.54, 1.807) is 30.3 Å². The third-order valence-electron chi connectivity index (χ3n) is 4.82. The molecule has 1 rings (SSSR count). The number of thiol groups is 1. The van der Waals surface area contributed by atoms with Crippen molar-refractivity contribution >= 4 is 42.3 Å². The van der Waals surface area contributed by atoms with Gasteiger partial charge < -0.3 is 43.4 Å². The maximum Gasteiger partial charge on any atom is 0.326 e. The Morgan fingerprint density at radius 1 is 0.943 bits per heavy atom. The molecule has 0 heterocycles. The van der Waals surface area contributed by atoms with Crippen LogP contribution >= 0.6 is 12.6 Å². The van der Waals surface area contributed by atoms with Crippen LogP contribution in [0.5, 0.6) is 0 Å². The van der Waals surface area contributed by atoms with Gasteiger partial charge in [0.15, 0.2) is 5.96 Å². The van der Waals surface area contributed by atoms with Crippen LogP contribution in [0.25, 0.3) is 0 Å². The second kappa shape index (κ2) is 15.5. The summed E-state index contributed by atoms with van der Waals surface area (Å²) in [6.45, 7) is -0.432. The number of rotatable bonds is 15. The van der Waals surface area contributed by atoms with Crippen molar-refractivity contribution in [1.29, 1.82) is 0 Å². The number of nitrogens with one attached hydrogen (secondary N) is 3. The van der Waals surface area contributed by atoms with Crippen LogP contribution in [-0.4, -0.2) is 82.9 Å². The van der Waals surface area contributed by atoms with Gasteiger partial charge in [-0.3, -0.25) is 19.4 Å². The van der Waals surface area contributed by atoms with Gasteiger partial charge in [-0.2, -0.15) is 12.6 Å². The van der Waals surface area contributed by atoms with Crippen molar-refractivity contribution < 1.29 is 29.4 Å². The third-order valence-corrected chi connectivity index (χ3v) is 5.19. The van der Waals surface area contributed by atoms with Gasteiger partial charge in [0.1, 0.15) is 24.2 Å². The Bertz CT molecular complexity index is 882. The number of carboxylic acid groups (broad SMARTS) is 1. The van der Waals surface area contributed by atoms with Crippen molar-refractivity contribution in [2.24, 2.45) is 22.2 Å². The molecule has 3 amide bonds. The number of hydrogen-bond donors (Lipinski definition) is 9. The van der Waals surface area contributed by atoms with Crippen LogP contribution in [0.15, 0.2) is 35.3 Å². The first-order chi connectivity index (χ1) is 16.6. The van der Waals surface area contributed by atoms with E-state index < -0.39 is 54.5 Å². The first-order valence-corrected chi connectivity index (χ1v) is 11.4. The van der Waals surface area contributed by atoms with Crippen molar-refractivity contribution in [1.82, 2.24) is 16.0 Å². The fraction of sp³-hybridized carbons (Fsp3) is 0.476. The average Bonchev–Trinajstić information content (AvgIpc) is 2.83.